The summed E-state index contributed by atoms with van der Waals surface area (Å²) in [6.07, 6.45) is 12.8. The van der Waals surface area contributed by atoms with Gasteiger partial charge in [-0.3, -0.25) is 0 Å². The van der Waals surface area contributed by atoms with Crippen LogP contribution in [0.15, 0.2) is 11.5 Å². The predicted octanol–water partition coefficient (Wildman–Crippen LogP) is 4.89. The Morgan fingerprint density at radius 3 is 1.83 bits per heavy atom. The molecule has 0 atom stereocenters. The molecular weight excluding hydrogens is 244 g/mol. The first-order valence-corrected chi connectivity index (χ1v) is 7.68. The van der Waals surface area contributed by atoms with E-state index >= 15 is 0 Å². The van der Waals surface area contributed by atoms with Crippen molar-refractivity contribution in [2.24, 2.45) is 0 Å². The lowest BCUT2D eigenvalue weighted by Gasteiger charge is -2.04. The molecule has 0 spiro atoms. The SMILES string of the molecule is C=C(S)C(=O)OCCCCCCCCCCCC. The van der Waals surface area contributed by atoms with E-state index in [1.165, 1.54) is 51.4 Å². The normalized spacial score (nSPS) is 10.3. The Labute approximate surface area is 118 Å². The van der Waals surface area contributed by atoms with E-state index in [1.807, 2.05) is 0 Å². The second-order valence-corrected chi connectivity index (χ2v) is 5.30. The Morgan fingerprint density at radius 2 is 1.39 bits per heavy atom. The van der Waals surface area contributed by atoms with Gasteiger partial charge in [-0.25, -0.2) is 4.79 Å². The summed E-state index contributed by atoms with van der Waals surface area (Å²) in [5.74, 6) is -0.394. The maximum atomic E-state index is 11.0. The number of ether oxygens (including phenoxy) is 1. The monoisotopic (exact) mass is 272 g/mol. The number of thiol groups is 1. The van der Waals surface area contributed by atoms with E-state index < -0.39 is 5.97 Å². The summed E-state index contributed by atoms with van der Waals surface area (Å²) >= 11 is 3.83. The van der Waals surface area contributed by atoms with E-state index in [0.29, 0.717) is 6.61 Å². The molecule has 0 radical (unpaired) electrons. The fourth-order valence-corrected chi connectivity index (χ4v) is 1.90. The minimum atomic E-state index is -0.394. The maximum Gasteiger partial charge on any atom is 0.343 e. The fourth-order valence-electron chi connectivity index (χ4n) is 1.84. The third-order valence-electron chi connectivity index (χ3n) is 2.97. The van der Waals surface area contributed by atoms with E-state index in [-0.39, 0.29) is 4.91 Å². The van der Waals surface area contributed by atoms with Crippen LogP contribution < -0.4 is 0 Å². The van der Waals surface area contributed by atoms with E-state index in [0.717, 1.165) is 12.8 Å². The van der Waals surface area contributed by atoms with Crippen LogP contribution in [-0.2, 0) is 9.53 Å². The zero-order chi connectivity index (χ0) is 13.6. The Kier molecular flexibility index (Phi) is 12.7. The molecule has 0 fully saturated rings. The highest BCUT2D eigenvalue weighted by Gasteiger charge is 2.02. The minimum Gasteiger partial charge on any atom is -0.462 e. The third-order valence-corrected chi connectivity index (χ3v) is 3.15. The molecule has 0 N–H and O–H groups in total. The third kappa shape index (κ3) is 12.0. The van der Waals surface area contributed by atoms with Crippen LogP contribution in [0.25, 0.3) is 0 Å². The molecule has 0 bridgehead atoms. The highest BCUT2D eigenvalue weighted by Crippen LogP contribution is 2.10. The molecule has 0 aromatic heterocycles. The second-order valence-electron chi connectivity index (χ2n) is 4.76. The quantitative estimate of drug-likeness (QED) is 0.237. The first-order chi connectivity index (χ1) is 8.68. The average molecular weight is 272 g/mol. The standard InChI is InChI=1S/C15H28O2S/c1-3-4-5-6-7-8-9-10-11-12-13-17-15(16)14(2)18/h18H,2-13H2,1H3. The molecule has 0 aliphatic rings. The highest BCUT2D eigenvalue weighted by atomic mass is 32.1. The van der Waals surface area contributed by atoms with E-state index in [2.05, 4.69) is 26.1 Å². The summed E-state index contributed by atoms with van der Waals surface area (Å²) in [5.41, 5.74) is 0. The van der Waals surface area contributed by atoms with Crippen molar-refractivity contribution in [2.45, 2.75) is 71.1 Å². The molecule has 0 unspecified atom stereocenters. The Bertz CT molecular complexity index is 227. The average Bonchev–Trinajstić information content (AvgIpc) is 2.35. The minimum absolute atomic E-state index is 0.182. The van der Waals surface area contributed by atoms with Crippen molar-refractivity contribution < 1.29 is 9.53 Å². The van der Waals surface area contributed by atoms with Crippen molar-refractivity contribution in [1.29, 1.82) is 0 Å². The molecular formula is C15H28O2S. The molecule has 18 heavy (non-hydrogen) atoms. The molecule has 0 amide bonds. The van der Waals surface area contributed by atoms with Gasteiger partial charge in [0.05, 0.1) is 11.5 Å². The van der Waals surface area contributed by atoms with Gasteiger partial charge in [-0.15, -0.1) is 12.6 Å². The van der Waals surface area contributed by atoms with E-state index in [1.54, 1.807) is 0 Å². The maximum absolute atomic E-state index is 11.0. The Hall–Kier alpha value is -0.440. The first kappa shape index (κ1) is 17.6. The summed E-state index contributed by atoms with van der Waals surface area (Å²) in [7, 11) is 0. The number of hydrogen-bond acceptors (Lipinski definition) is 3. The van der Waals surface area contributed by atoms with Gasteiger partial charge in [0.25, 0.3) is 0 Å². The summed E-state index contributed by atoms with van der Waals surface area (Å²) < 4.78 is 4.96. The van der Waals surface area contributed by atoms with Crippen LogP contribution in [0.5, 0.6) is 0 Å². The lowest BCUT2D eigenvalue weighted by molar-refractivity contribution is -0.138. The molecule has 0 aliphatic carbocycles. The van der Waals surface area contributed by atoms with Crippen molar-refractivity contribution in [3.8, 4) is 0 Å². The molecule has 0 saturated carbocycles. The van der Waals surface area contributed by atoms with Crippen molar-refractivity contribution in [3.63, 3.8) is 0 Å². The Morgan fingerprint density at radius 1 is 0.944 bits per heavy atom. The molecule has 0 aliphatic heterocycles. The van der Waals surface area contributed by atoms with Crippen molar-refractivity contribution in [2.75, 3.05) is 6.61 Å². The van der Waals surface area contributed by atoms with Gasteiger partial charge >= 0.3 is 5.97 Å². The predicted molar refractivity (Wildman–Crippen MR) is 80.9 cm³/mol. The number of carbonyl (C=O) groups excluding carboxylic acids is 1. The van der Waals surface area contributed by atoms with Gasteiger partial charge in [-0.1, -0.05) is 71.3 Å². The van der Waals surface area contributed by atoms with Gasteiger partial charge in [-0.05, 0) is 6.42 Å². The van der Waals surface area contributed by atoms with E-state index in [9.17, 15) is 4.79 Å². The van der Waals surface area contributed by atoms with Gasteiger partial charge in [-0.2, -0.15) is 0 Å². The number of carbonyl (C=O) groups is 1. The Balaban J connectivity index is 3.07. The van der Waals surface area contributed by atoms with Crippen molar-refractivity contribution in [1.82, 2.24) is 0 Å². The number of esters is 1. The molecule has 0 heterocycles. The summed E-state index contributed by atoms with van der Waals surface area (Å²) in [4.78, 5) is 11.2. The van der Waals surface area contributed by atoms with E-state index in [4.69, 9.17) is 4.74 Å². The zero-order valence-corrected chi connectivity index (χ0v) is 12.6. The van der Waals surface area contributed by atoms with Crippen LogP contribution in [0.2, 0.25) is 0 Å². The van der Waals surface area contributed by atoms with Crippen LogP contribution in [0.4, 0.5) is 0 Å². The number of unbranched alkanes of at least 4 members (excludes halogenated alkanes) is 9. The molecule has 0 saturated heterocycles. The lowest BCUT2D eigenvalue weighted by Crippen LogP contribution is -2.04. The van der Waals surface area contributed by atoms with Crippen molar-refractivity contribution >= 4 is 18.6 Å². The second kappa shape index (κ2) is 13.0. The van der Waals surface area contributed by atoms with Crippen LogP contribution >= 0.6 is 12.6 Å². The molecule has 2 nitrogen and oxygen atoms in total. The van der Waals surface area contributed by atoms with Gasteiger partial charge in [0.1, 0.15) is 0 Å². The smallest absolute Gasteiger partial charge is 0.343 e. The number of hydrogen-bond donors (Lipinski definition) is 1. The van der Waals surface area contributed by atoms with Crippen molar-refractivity contribution in [3.05, 3.63) is 11.5 Å². The largest absolute Gasteiger partial charge is 0.462 e. The van der Waals surface area contributed by atoms with Crippen LogP contribution in [-0.4, -0.2) is 12.6 Å². The summed E-state index contributed by atoms with van der Waals surface area (Å²) in [5, 5.41) is 0. The van der Waals surface area contributed by atoms with Gasteiger partial charge in [0, 0.05) is 0 Å². The van der Waals surface area contributed by atoms with Crippen LogP contribution in [0.1, 0.15) is 71.1 Å². The van der Waals surface area contributed by atoms with Gasteiger partial charge in [0.15, 0.2) is 0 Å². The highest BCUT2D eigenvalue weighted by molar-refractivity contribution is 7.85. The first-order valence-electron chi connectivity index (χ1n) is 7.23. The van der Waals surface area contributed by atoms with Gasteiger partial charge in [0.2, 0.25) is 0 Å². The fraction of sp³-hybridized carbons (Fsp3) is 0.800. The molecule has 3 heteroatoms. The molecule has 0 aromatic rings. The molecule has 0 aromatic carbocycles. The number of rotatable bonds is 12. The van der Waals surface area contributed by atoms with Crippen LogP contribution in [0, 0.1) is 0 Å². The molecule has 106 valence electrons. The lowest BCUT2D eigenvalue weighted by atomic mass is 10.1. The molecule has 0 rings (SSSR count). The van der Waals surface area contributed by atoms with Crippen LogP contribution in [0.3, 0.4) is 0 Å². The zero-order valence-electron chi connectivity index (χ0n) is 11.7. The summed E-state index contributed by atoms with van der Waals surface area (Å²) in [6, 6.07) is 0. The summed E-state index contributed by atoms with van der Waals surface area (Å²) in [6.45, 7) is 6.16. The topological polar surface area (TPSA) is 26.3 Å². The van der Waals surface area contributed by atoms with Gasteiger partial charge < -0.3 is 4.74 Å².